The summed E-state index contributed by atoms with van der Waals surface area (Å²) < 4.78 is 31.0. The fourth-order valence-corrected chi connectivity index (χ4v) is 4.14. The molecule has 4 N–H and O–H groups in total. The van der Waals surface area contributed by atoms with Crippen LogP contribution in [0.4, 0.5) is 19.6 Å². The molecule has 0 aliphatic rings. The van der Waals surface area contributed by atoms with Gasteiger partial charge < -0.3 is 16.2 Å². The van der Waals surface area contributed by atoms with E-state index in [0.29, 0.717) is 11.6 Å². The van der Waals surface area contributed by atoms with Gasteiger partial charge in [0, 0.05) is 4.88 Å². The van der Waals surface area contributed by atoms with Crippen LogP contribution >= 0.6 is 11.3 Å². The van der Waals surface area contributed by atoms with Crippen LogP contribution in [0.25, 0.3) is 16.3 Å². The summed E-state index contributed by atoms with van der Waals surface area (Å²) in [6, 6.07) is 8.55. The molecule has 0 saturated heterocycles. The maximum atomic E-state index is 14.8. The second-order valence-electron chi connectivity index (χ2n) is 7.45. The molecular formula is C21H18F2N6O2S. The second kappa shape index (κ2) is 8.09. The lowest BCUT2D eigenvalue weighted by atomic mass is 9.96. The maximum absolute atomic E-state index is 14.8. The Kier molecular flexibility index (Phi) is 5.45. The lowest BCUT2D eigenvalue weighted by molar-refractivity contribution is 0.0778. The van der Waals surface area contributed by atoms with Gasteiger partial charge in [-0.25, -0.2) is 18.4 Å². The molecule has 0 radical (unpaired) electrons. The van der Waals surface area contributed by atoms with Gasteiger partial charge >= 0.3 is 0 Å². The van der Waals surface area contributed by atoms with E-state index in [2.05, 4.69) is 20.6 Å². The SMILES string of the molecule is CC(C)(O)c1cc(F)c(-c2cc(C(N)=O)c(Nc3cccc(-n4ccnn4)n3)s2)c(F)c1. The van der Waals surface area contributed by atoms with E-state index in [1.165, 1.54) is 30.8 Å². The minimum Gasteiger partial charge on any atom is -0.386 e. The number of primary amides is 1. The molecule has 8 nitrogen and oxygen atoms in total. The average molecular weight is 456 g/mol. The number of amides is 1. The molecule has 0 unspecified atom stereocenters. The van der Waals surface area contributed by atoms with Gasteiger partial charge in [0.25, 0.3) is 5.91 Å². The first-order chi connectivity index (χ1) is 15.1. The van der Waals surface area contributed by atoms with E-state index in [-0.39, 0.29) is 26.6 Å². The molecule has 0 aliphatic carbocycles. The topological polar surface area (TPSA) is 119 Å². The third-order valence-corrected chi connectivity index (χ3v) is 5.69. The van der Waals surface area contributed by atoms with Crippen molar-refractivity contribution >= 4 is 28.1 Å². The summed E-state index contributed by atoms with van der Waals surface area (Å²) in [4.78, 5) is 16.5. The number of pyridine rings is 1. The standard InChI is InChI=1S/C21H18F2N6O2S/c1-21(2,31)11-8-13(22)18(14(23)9-11)15-10-12(19(24)30)20(32-15)27-16-4-3-5-17(26-16)29-7-6-25-28-29/h3-10,31H,1-2H3,(H2,24,30)(H,26,27). The molecule has 4 aromatic rings. The largest absolute Gasteiger partial charge is 0.386 e. The number of halogens is 2. The number of benzene rings is 1. The fraction of sp³-hybridized carbons (Fsp3) is 0.143. The van der Waals surface area contributed by atoms with E-state index in [9.17, 15) is 18.7 Å². The van der Waals surface area contributed by atoms with Crippen molar-refractivity contribution in [1.29, 1.82) is 0 Å². The van der Waals surface area contributed by atoms with Gasteiger partial charge in [-0.3, -0.25) is 4.79 Å². The Hall–Kier alpha value is -3.70. The lowest BCUT2D eigenvalue weighted by Crippen LogP contribution is -2.16. The van der Waals surface area contributed by atoms with Crippen molar-refractivity contribution in [3.8, 4) is 16.3 Å². The van der Waals surface area contributed by atoms with Crippen molar-refractivity contribution < 1.29 is 18.7 Å². The predicted molar refractivity (Wildman–Crippen MR) is 116 cm³/mol. The number of anilines is 2. The molecule has 1 amide bonds. The summed E-state index contributed by atoms with van der Waals surface area (Å²) in [7, 11) is 0. The Labute approximate surface area is 185 Å². The summed E-state index contributed by atoms with van der Waals surface area (Å²) >= 11 is 0.952. The Morgan fingerprint density at radius 1 is 1.22 bits per heavy atom. The summed E-state index contributed by atoms with van der Waals surface area (Å²) in [6.07, 6.45) is 3.12. The van der Waals surface area contributed by atoms with Crippen LogP contribution in [0.5, 0.6) is 0 Å². The first-order valence-electron chi connectivity index (χ1n) is 9.40. The van der Waals surface area contributed by atoms with Crippen molar-refractivity contribution in [2.45, 2.75) is 19.4 Å². The molecule has 0 spiro atoms. The van der Waals surface area contributed by atoms with Gasteiger partial charge in [-0.2, -0.15) is 0 Å². The van der Waals surface area contributed by atoms with Crippen molar-refractivity contribution in [1.82, 2.24) is 20.0 Å². The number of nitrogens with two attached hydrogens (primary N) is 1. The third kappa shape index (κ3) is 4.20. The Morgan fingerprint density at radius 3 is 2.53 bits per heavy atom. The summed E-state index contributed by atoms with van der Waals surface area (Å²) in [5, 5.41) is 20.9. The van der Waals surface area contributed by atoms with Gasteiger partial charge in [0.05, 0.1) is 29.1 Å². The zero-order valence-corrected chi connectivity index (χ0v) is 17.8. The number of aliphatic hydroxyl groups is 1. The second-order valence-corrected chi connectivity index (χ2v) is 8.50. The number of carbonyl (C=O) groups is 1. The van der Waals surface area contributed by atoms with Crippen LogP contribution in [0.15, 0.2) is 48.8 Å². The van der Waals surface area contributed by atoms with Crippen LogP contribution in [0.2, 0.25) is 0 Å². The minimum absolute atomic E-state index is 0.0586. The number of rotatable bonds is 6. The van der Waals surface area contributed by atoms with Crippen LogP contribution in [-0.2, 0) is 5.60 Å². The van der Waals surface area contributed by atoms with E-state index >= 15 is 0 Å². The van der Waals surface area contributed by atoms with Crippen molar-refractivity contribution in [3.05, 3.63) is 71.6 Å². The van der Waals surface area contributed by atoms with Gasteiger partial charge in [0.2, 0.25) is 0 Å². The number of thiophene rings is 1. The molecule has 1 aromatic carbocycles. The molecule has 3 heterocycles. The van der Waals surface area contributed by atoms with Gasteiger partial charge in [0.1, 0.15) is 22.5 Å². The molecule has 3 aromatic heterocycles. The normalized spacial score (nSPS) is 11.5. The van der Waals surface area contributed by atoms with Crippen molar-refractivity contribution in [3.63, 3.8) is 0 Å². The summed E-state index contributed by atoms with van der Waals surface area (Å²) in [5.41, 5.74) is 3.91. The van der Waals surface area contributed by atoms with Crippen LogP contribution in [0.3, 0.4) is 0 Å². The molecule has 0 fully saturated rings. The highest BCUT2D eigenvalue weighted by Crippen LogP contribution is 2.40. The van der Waals surface area contributed by atoms with Gasteiger partial charge in [-0.1, -0.05) is 11.3 Å². The Balaban J connectivity index is 1.73. The highest BCUT2D eigenvalue weighted by Gasteiger charge is 2.24. The van der Waals surface area contributed by atoms with Crippen molar-refractivity contribution in [2.24, 2.45) is 5.73 Å². The quantitative estimate of drug-likeness (QED) is 0.407. The predicted octanol–water partition coefficient (Wildman–Crippen LogP) is 3.74. The summed E-state index contributed by atoms with van der Waals surface area (Å²) in [6.45, 7) is 2.86. The van der Waals surface area contributed by atoms with E-state index in [0.717, 1.165) is 23.5 Å². The van der Waals surface area contributed by atoms with Gasteiger partial charge in [-0.15, -0.1) is 16.4 Å². The Morgan fingerprint density at radius 2 is 1.94 bits per heavy atom. The Bertz CT molecular complexity index is 1280. The first kappa shape index (κ1) is 21.5. The molecule has 0 atom stereocenters. The van der Waals surface area contributed by atoms with E-state index < -0.39 is 23.1 Å². The highest BCUT2D eigenvalue weighted by atomic mass is 32.1. The van der Waals surface area contributed by atoms with Crippen LogP contribution in [0.1, 0.15) is 29.8 Å². The number of hydrogen-bond acceptors (Lipinski definition) is 7. The number of nitrogens with zero attached hydrogens (tertiary/aromatic N) is 4. The smallest absolute Gasteiger partial charge is 0.251 e. The zero-order valence-electron chi connectivity index (χ0n) is 17.0. The van der Waals surface area contributed by atoms with E-state index in [1.54, 1.807) is 24.4 Å². The van der Waals surface area contributed by atoms with E-state index in [1.807, 2.05) is 0 Å². The fourth-order valence-electron chi connectivity index (χ4n) is 3.02. The molecule has 0 aliphatic heterocycles. The number of hydrogen-bond donors (Lipinski definition) is 3. The third-order valence-electron chi connectivity index (χ3n) is 4.63. The molecule has 4 rings (SSSR count). The molecule has 11 heteroatoms. The molecule has 0 saturated carbocycles. The molecular weight excluding hydrogens is 438 g/mol. The maximum Gasteiger partial charge on any atom is 0.251 e. The number of aromatic nitrogens is 4. The lowest BCUT2D eigenvalue weighted by Gasteiger charge is -2.18. The van der Waals surface area contributed by atoms with Gasteiger partial charge in [0.15, 0.2) is 5.82 Å². The van der Waals surface area contributed by atoms with Crippen molar-refractivity contribution in [2.75, 3.05) is 5.32 Å². The molecule has 0 bridgehead atoms. The highest BCUT2D eigenvalue weighted by molar-refractivity contribution is 7.20. The first-order valence-corrected chi connectivity index (χ1v) is 10.2. The van der Waals surface area contributed by atoms with Gasteiger partial charge in [-0.05, 0) is 49.7 Å². The van der Waals surface area contributed by atoms with Crippen LogP contribution in [-0.4, -0.2) is 31.0 Å². The van der Waals surface area contributed by atoms with Crippen LogP contribution in [0, 0.1) is 11.6 Å². The molecule has 32 heavy (non-hydrogen) atoms. The van der Waals surface area contributed by atoms with E-state index in [4.69, 9.17) is 5.73 Å². The van der Waals surface area contributed by atoms with Crippen LogP contribution < -0.4 is 11.1 Å². The summed E-state index contributed by atoms with van der Waals surface area (Å²) in [5.74, 6) is -1.65. The minimum atomic E-state index is -1.42. The number of nitrogens with one attached hydrogen (secondary N) is 1. The molecule has 164 valence electrons. The zero-order chi connectivity index (χ0) is 23.0. The monoisotopic (exact) mass is 456 g/mol. The number of carbonyl (C=O) groups excluding carboxylic acids is 1. The average Bonchev–Trinajstić information content (AvgIpc) is 3.37.